The Morgan fingerprint density at radius 1 is 1.39 bits per heavy atom. The van der Waals surface area contributed by atoms with Crippen molar-refractivity contribution in [2.75, 3.05) is 13.7 Å². The Hall–Kier alpha value is -1.86. The summed E-state index contributed by atoms with van der Waals surface area (Å²) in [6, 6.07) is 8.48. The molecule has 0 aromatic heterocycles. The SMILES string of the molecule is COc1ccc2c(c1)C(=O)[C@H]1N3C[C@]4(C)CCCC1(C#N)[C@@H]4[C@H]23. The molecule has 2 unspecified atom stereocenters. The van der Waals surface area contributed by atoms with Crippen LogP contribution in [0, 0.1) is 28.1 Å². The van der Waals surface area contributed by atoms with Crippen LogP contribution in [0.15, 0.2) is 18.2 Å². The van der Waals surface area contributed by atoms with Gasteiger partial charge in [-0.3, -0.25) is 9.69 Å². The fourth-order valence-corrected chi connectivity index (χ4v) is 6.33. The molecule has 4 bridgehead atoms. The van der Waals surface area contributed by atoms with Crippen molar-refractivity contribution >= 4 is 5.78 Å². The van der Waals surface area contributed by atoms with Crippen molar-refractivity contribution in [3.63, 3.8) is 0 Å². The lowest BCUT2D eigenvalue weighted by Gasteiger charge is -2.50. The Bertz CT molecular complexity index is 782. The van der Waals surface area contributed by atoms with Crippen molar-refractivity contribution in [1.29, 1.82) is 5.26 Å². The Morgan fingerprint density at radius 3 is 2.96 bits per heavy atom. The lowest BCUT2D eigenvalue weighted by Crippen LogP contribution is -2.57. The van der Waals surface area contributed by atoms with E-state index in [0.717, 1.165) is 36.3 Å². The molecule has 23 heavy (non-hydrogen) atoms. The van der Waals surface area contributed by atoms with Crippen LogP contribution in [0.4, 0.5) is 0 Å². The quantitative estimate of drug-likeness (QED) is 0.800. The standard InChI is InChI=1S/C19H20N2O2/c1-18-6-3-7-19(9-20)16(18)14-12-5-4-11(23-2)8-13(12)15(22)17(19)21(14)10-18/h4-5,8,14,16-17H,3,6-7,10H2,1-2H3/t14-,16+,17+,18-,19?/m0/s1. The molecule has 118 valence electrons. The summed E-state index contributed by atoms with van der Waals surface area (Å²) in [6.45, 7) is 3.28. The fourth-order valence-electron chi connectivity index (χ4n) is 6.33. The van der Waals surface area contributed by atoms with E-state index in [1.807, 2.05) is 18.2 Å². The van der Waals surface area contributed by atoms with E-state index in [0.29, 0.717) is 0 Å². The average Bonchev–Trinajstić information content (AvgIpc) is 2.99. The molecule has 2 saturated heterocycles. The maximum absolute atomic E-state index is 13.3. The highest BCUT2D eigenvalue weighted by Crippen LogP contribution is 2.72. The predicted molar refractivity (Wildman–Crippen MR) is 84.1 cm³/mol. The molecule has 4 aliphatic rings. The number of Topliss-reactive ketones (excluding diaryl/α,β-unsaturated/α-hetero) is 1. The number of fused-ring (bicyclic) bond motifs is 2. The van der Waals surface area contributed by atoms with Gasteiger partial charge in [0.1, 0.15) is 5.75 Å². The first-order chi connectivity index (χ1) is 11.1. The van der Waals surface area contributed by atoms with Gasteiger partial charge in [-0.05, 0) is 36.0 Å². The minimum atomic E-state index is -0.501. The highest BCUT2D eigenvalue weighted by Gasteiger charge is 2.74. The molecule has 0 N–H and O–H groups in total. The number of rotatable bonds is 1. The summed E-state index contributed by atoms with van der Waals surface area (Å²) in [5.74, 6) is 1.13. The van der Waals surface area contributed by atoms with Crippen molar-refractivity contribution in [3.8, 4) is 11.8 Å². The van der Waals surface area contributed by atoms with E-state index >= 15 is 0 Å². The molecule has 5 rings (SSSR count). The Kier molecular flexibility index (Phi) is 2.34. The number of carbonyl (C=O) groups is 1. The van der Waals surface area contributed by atoms with Gasteiger partial charge in [0.2, 0.25) is 0 Å². The smallest absolute Gasteiger partial charge is 0.182 e. The molecule has 3 fully saturated rings. The first-order valence-corrected chi connectivity index (χ1v) is 8.45. The first kappa shape index (κ1) is 13.6. The van der Waals surface area contributed by atoms with Crippen LogP contribution in [0.25, 0.3) is 0 Å². The van der Waals surface area contributed by atoms with Gasteiger partial charge in [-0.25, -0.2) is 0 Å². The van der Waals surface area contributed by atoms with E-state index in [2.05, 4.69) is 17.9 Å². The number of nitriles is 1. The number of piperidine rings is 1. The Labute approximate surface area is 136 Å². The molecular formula is C19H20N2O2. The van der Waals surface area contributed by atoms with Crippen LogP contribution >= 0.6 is 0 Å². The number of ether oxygens (including phenoxy) is 1. The number of nitrogens with zero attached hydrogens (tertiary/aromatic N) is 2. The highest BCUT2D eigenvalue weighted by atomic mass is 16.5. The first-order valence-electron chi connectivity index (χ1n) is 8.45. The molecule has 4 nitrogen and oxygen atoms in total. The molecule has 0 radical (unpaired) electrons. The molecule has 3 aliphatic heterocycles. The molecule has 3 heterocycles. The molecule has 1 aromatic carbocycles. The van der Waals surface area contributed by atoms with Crippen molar-refractivity contribution in [2.24, 2.45) is 16.7 Å². The van der Waals surface area contributed by atoms with Crippen LogP contribution < -0.4 is 4.74 Å². The van der Waals surface area contributed by atoms with Gasteiger partial charge < -0.3 is 4.74 Å². The number of methoxy groups -OCH3 is 1. The lowest BCUT2D eigenvalue weighted by molar-refractivity contribution is -0.00202. The number of hydrogen-bond donors (Lipinski definition) is 0. The van der Waals surface area contributed by atoms with Gasteiger partial charge in [0, 0.05) is 24.1 Å². The fraction of sp³-hybridized carbons (Fsp3) is 0.579. The second kappa shape index (κ2) is 3.96. The molecule has 4 heteroatoms. The molecule has 1 saturated carbocycles. The van der Waals surface area contributed by atoms with Gasteiger partial charge in [-0.15, -0.1) is 0 Å². The summed E-state index contributed by atoms with van der Waals surface area (Å²) in [6.07, 6.45) is 3.09. The van der Waals surface area contributed by atoms with Gasteiger partial charge in [0.05, 0.1) is 24.6 Å². The Balaban J connectivity index is 1.78. The normalized spacial score (nSPS) is 45.5. The third-order valence-corrected chi connectivity index (χ3v) is 6.98. The Morgan fingerprint density at radius 2 is 2.22 bits per heavy atom. The molecule has 0 amide bonds. The van der Waals surface area contributed by atoms with E-state index in [1.54, 1.807) is 7.11 Å². The van der Waals surface area contributed by atoms with Gasteiger partial charge in [-0.2, -0.15) is 5.26 Å². The number of ketones is 1. The maximum Gasteiger partial charge on any atom is 0.182 e. The minimum Gasteiger partial charge on any atom is -0.497 e. The second-order valence-corrected chi connectivity index (χ2v) is 7.97. The van der Waals surface area contributed by atoms with Crippen molar-refractivity contribution < 1.29 is 9.53 Å². The molecule has 6 atom stereocenters. The van der Waals surface area contributed by atoms with Crippen molar-refractivity contribution in [2.45, 2.75) is 38.3 Å². The zero-order chi connectivity index (χ0) is 16.0. The van der Waals surface area contributed by atoms with Crippen LogP contribution in [-0.2, 0) is 0 Å². The van der Waals surface area contributed by atoms with Gasteiger partial charge >= 0.3 is 0 Å². The van der Waals surface area contributed by atoms with E-state index < -0.39 is 5.41 Å². The average molecular weight is 308 g/mol. The largest absolute Gasteiger partial charge is 0.497 e. The maximum atomic E-state index is 13.3. The third-order valence-electron chi connectivity index (χ3n) is 6.98. The highest BCUT2D eigenvalue weighted by molar-refractivity contribution is 6.05. The van der Waals surface area contributed by atoms with Gasteiger partial charge in [0.15, 0.2) is 5.78 Å². The molecule has 0 spiro atoms. The van der Waals surface area contributed by atoms with Crippen LogP contribution in [0.2, 0.25) is 0 Å². The minimum absolute atomic E-state index is 0.128. The van der Waals surface area contributed by atoms with E-state index in [9.17, 15) is 10.1 Å². The second-order valence-electron chi connectivity index (χ2n) is 7.97. The molecule has 1 aromatic rings. The van der Waals surface area contributed by atoms with Crippen LogP contribution in [-0.4, -0.2) is 30.4 Å². The van der Waals surface area contributed by atoms with Gasteiger partial charge in [0.25, 0.3) is 0 Å². The van der Waals surface area contributed by atoms with Crippen molar-refractivity contribution in [3.05, 3.63) is 29.3 Å². The topological polar surface area (TPSA) is 53.3 Å². The summed E-state index contributed by atoms with van der Waals surface area (Å²) in [4.78, 5) is 15.6. The number of carbonyl (C=O) groups excluding carboxylic acids is 1. The summed E-state index contributed by atoms with van der Waals surface area (Å²) in [7, 11) is 1.63. The van der Waals surface area contributed by atoms with Crippen LogP contribution in [0.3, 0.4) is 0 Å². The molecular weight excluding hydrogens is 288 g/mol. The summed E-state index contributed by atoms with van der Waals surface area (Å²) in [5, 5.41) is 10.1. The lowest BCUT2D eigenvalue weighted by atomic mass is 9.53. The van der Waals surface area contributed by atoms with Crippen molar-refractivity contribution in [1.82, 2.24) is 4.90 Å². The zero-order valence-electron chi connectivity index (χ0n) is 13.5. The van der Waals surface area contributed by atoms with Gasteiger partial charge in [-0.1, -0.05) is 19.4 Å². The van der Waals surface area contributed by atoms with E-state index in [-0.39, 0.29) is 29.2 Å². The van der Waals surface area contributed by atoms with E-state index in [1.165, 1.54) is 6.42 Å². The zero-order valence-corrected chi connectivity index (χ0v) is 13.5. The molecule has 1 aliphatic carbocycles. The summed E-state index contributed by atoms with van der Waals surface area (Å²) in [5.41, 5.74) is 1.56. The monoisotopic (exact) mass is 308 g/mol. The number of benzene rings is 1. The van der Waals surface area contributed by atoms with Crippen LogP contribution in [0.1, 0.15) is 48.1 Å². The number of hydrogen-bond acceptors (Lipinski definition) is 4. The summed E-state index contributed by atoms with van der Waals surface area (Å²) >= 11 is 0. The third kappa shape index (κ3) is 1.31. The van der Waals surface area contributed by atoms with E-state index in [4.69, 9.17) is 4.74 Å². The summed E-state index contributed by atoms with van der Waals surface area (Å²) < 4.78 is 5.32. The van der Waals surface area contributed by atoms with Crippen LogP contribution in [0.5, 0.6) is 5.75 Å². The predicted octanol–water partition coefficient (Wildman–Crippen LogP) is 2.95.